The van der Waals surface area contributed by atoms with Crippen LogP contribution in [0.5, 0.6) is 0 Å². The summed E-state index contributed by atoms with van der Waals surface area (Å²) in [5, 5.41) is 7.04. The van der Waals surface area contributed by atoms with Crippen LogP contribution in [0.25, 0.3) is 11.0 Å². The molecule has 2 rings (SSSR count). The summed E-state index contributed by atoms with van der Waals surface area (Å²) < 4.78 is 10.8. The van der Waals surface area contributed by atoms with E-state index in [1.54, 1.807) is 7.11 Å². The topological polar surface area (TPSA) is 63.5 Å². The number of hydrogen-bond donors (Lipinski definition) is 2. The molecule has 0 aliphatic rings. The Morgan fingerprint density at radius 2 is 2.09 bits per heavy atom. The molecule has 2 aromatic rings. The van der Waals surface area contributed by atoms with Gasteiger partial charge in [-0.3, -0.25) is 4.79 Å². The smallest absolute Gasteiger partial charge is 0.234 e. The molecule has 1 aromatic carbocycles. The van der Waals surface area contributed by atoms with Gasteiger partial charge in [0.2, 0.25) is 5.91 Å². The first-order valence-corrected chi connectivity index (χ1v) is 7.10. The molecule has 0 radical (unpaired) electrons. The SMILES string of the molecule is COCCNCC(=O)NC(C)c1oc2ccccc2c1C.Cl. The number of halogens is 1. The summed E-state index contributed by atoms with van der Waals surface area (Å²) in [4.78, 5) is 11.9. The lowest BCUT2D eigenvalue weighted by molar-refractivity contribution is -0.121. The molecule has 1 amide bonds. The van der Waals surface area contributed by atoms with Gasteiger partial charge in [-0.15, -0.1) is 12.4 Å². The Labute approximate surface area is 136 Å². The van der Waals surface area contributed by atoms with E-state index in [1.807, 2.05) is 38.1 Å². The van der Waals surface area contributed by atoms with Crippen LogP contribution in [0.3, 0.4) is 0 Å². The van der Waals surface area contributed by atoms with Crippen molar-refractivity contribution in [1.82, 2.24) is 10.6 Å². The van der Waals surface area contributed by atoms with Crippen molar-refractivity contribution in [1.29, 1.82) is 0 Å². The predicted molar refractivity (Wildman–Crippen MR) is 89.5 cm³/mol. The van der Waals surface area contributed by atoms with E-state index in [4.69, 9.17) is 9.15 Å². The normalized spacial score (nSPS) is 12.0. The maximum atomic E-state index is 11.9. The number of methoxy groups -OCH3 is 1. The van der Waals surface area contributed by atoms with Gasteiger partial charge < -0.3 is 19.8 Å². The van der Waals surface area contributed by atoms with Crippen molar-refractivity contribution in [2.75, 3.05) is 26.8 Å². The number of aryl methyl sites for hydroxylation is 1. The molecule has 1 unspecified atom stereocenters. The minimum Gasteiger partial charge on any atom is -0.459 e. The van der Waals surface area contributed by atoms with E-state index in [9.17, 15) is 4.79 Å². The number of para-hydroxylation sites is 1. The van der Waals surface area contributed by atoms with Crippen molar-refractivity contribution in [2.24, 2.45) is 0 Å². The van der Waals surface area contributed by atoms with Crippen LogP contribution in [0.1, 0.15) is 24.3 Å². The third-order valence-electron chi connectivity index (χ3n) is 3.42. The summed E-state index contributed by atoms with van der Waals surface area (Å²) in [6.45, 7) is 5.46. The molecular formula is C16H23ClN2O3. The highest BCUT2D eigenvalue weighted by atomic mass is 35.5. The third-order valence-corrected chi connectivity index (χ3v) is 3.42. The van der Waals surface area contributed by atoms with Crippen LogP contribution in [-0.2, 0) is 9.53 Å². The van der Waals surface area contributed by atoms with Gasteiger partial charge >= 0.3 is 0 Å². The van der Waals surface area contributed by atoms with E-state index in [-0.39, 0.29) is 30.9 Å². The zero-order valence-electron chi connectivity index (χ0n) is 13.1. The number of ether oxygens (including phenoxy) is 1. The number of amides is 1. The van der Waals surface area contributed by atoms with Crippen molar-refractivity contribution in [3.63, 3.8) is 0 Å². The zero-order valence-corrected chi connectivity index (χ0v) is 14.0. The molecule has 0 bridgehead atoms. The van der Waals surface area contributed by atoms with Crippen LogP contribution in [-0.4, -0.2) is 32.7 Å². The molecule has 2 N–H and O–H groups in total. The average molecular weight is 327 g/mol. The number of carbonyl (C=O) groups excluding carboxylic acids is 1. The van der Waals surface area contributed by atoms with Crippen molar-refractivity contribution in [3.8, 4) is 0 Å². The Morgan fingerprint density at radius 3 is 2.77 bits per heavy atom. The molecule has 6 heteroatoms. The molecule has 0 aliphatic heterocycles. The number of furan rings is 1. The Balaban J connectivity index is 0.00000242. The molecule has 122 valence electrons. The lowest BCUT2D eigenvalue weighted by Gasteiger charge is -2.13. The summed E-state index contributed by atoms with van der Waals surface area (Å²) in [5.74, 6) is 0.750. The van der Waals surface area contributed by atoms with Crippen LogP contribution in [0.15, 0.2) is 28.7 Å². The molecule has 1 aromatic heterocycles. The standard InChI is InChI=1S/C16H22N2O3.ClH/c1-11-13-6-4-5-7-14(13)21-16(11)12(2)18-15(19)10-17-8-9-20-3;/h4-7,12,17H,8-10H2,1-3H3,(H,18,19);1H. The van der Waals surface area contributed by atoms with E-state index >= 15 is 0 Å². The monoisotopic (exact) mass is 326 g/mol. The second-order valence-corrected chi connectivity index (χ2v) is 5.05. The van der Waals surface area contributed by atoms with E-state index in [1.165, 1.54) is 0 Å². The highest BCUT2D eigenvalue weighted by Gasteiger charge is 2.17. The summed E-state index contributed by atoms with van der Waals surface area (Å²) in [5.41, 5.74) is 1.93. The molecule has 0 aliphatic carbocycles. The van der Waals surface area contributed by atoms with Crippen molar-refractivity contribution < 1.29 is 13.9 Å². The van der Waals surface area contributed by atoms with Gasteiger partial charge in [-0.1, -0.05) is 18.2 Å². The van der Waals surface area contributed by atoms with Crippen molar-refractivity contribution >= 4 is 29.3 Å². The van der Waals surface area contributed by atoms with E-state index in [0.717, 1.165) is 22.3 Å². The Bertz CT molecular complexity index is 612. The summed E-state index contributed by atoms with van der Waals surface area (Å²) in [7, 11) is 1.63. The highest BCUT2D eigenvalue weighted by Crippen LogP contribution is 2.28. The van der Waals surface area contributed by atoms with Crippen LogP contribution in [0.4, 0.5) is 0 Å². The molecule has 1 atom stereocenters. The fourth-order valence-corrected chi connectivity index (χ4v) is 2.34. The third kappa shape index (κ3) is 4.47. The van der Waals surface area contributed by atoms with E-state index in [0.29, 0.717) is 13.2 Å². The molecule has 0 fully saturated rings. The maximum absolute atomic E-state index is 11.9. The number of carbonyl (C=O) groups is 1. The van der Waals surface area contributed by atoms with Gasteiger partial charge in [0, 0.05) is 24.6 Å². The zero-order chi connectivity index (χ0) is 15.2. The number of nitrogens with one attached hydrogen (secondary N) is 2. The number of benzene rings is 1. The first-order valence-electron chi connectivity index (χ1n) is 7.10. The summed E-state index contributed by atoms with van der Waals surface area (Å²) in [6, 6.07) is 7.73. The Hall–Kier alpha value is -1.56. The molecule has 0 saturated heterocycles. The Kier molecular flexibility index (Phi) is 7.38. The van der Waals surface area contributed by atoms with Crippen LogP contribution in [0, 0.1) is 6.92 Å². The fraction of sp³-hybridized carbons (Fsp3) is 0.438. The Morgan fingerprint density at radius 1 is 1.36 bits per heavy atom. The second kappa shape index (κ2) is 8.78. The van der Waals surface area contributed by atoms with E-state index in [2.05, 4.69) is 10.6 Å². The molecule has 0 saturated carbocycles. The molecular weight excluding hydrogens is 304 g/mol. The minimum atomic E-state index is -0.158. The average Bonchev–Trinajstić information content (AvgIpc) is 2.81. The van der Waals surface area contributed by atoms with Crippen molar-refractivity contribution in [2.45, 2.75) is 19.9 Å². The molecule has 5 nitrogen and oxygen atoms in total. The van der Waals surface area contributed by atoms with Gasteiger partial charge in [-0.2, -0.15) is 0 Å². The molecule has 0 spiro atoms. The lowest BCUT2D eigenvalue weighted by atomic mass is 10.1. The maximum Gasteiger partial charge on any atom is 0.234 e. The first kappa shape index (κ1) is 18.5. The van der Waals surface area contributed by atoms with Gasteiger partial charge in [0.05, 0.1) is 19.2 Å². The van der Waals surface area contributed by atoms with Gasteiger partial charge in [0.1, 0.15) is 11.3 Å². The van der Waals surface area contributed by atoms with Gasteiger partial charge in [0.15, 0.2) is 0 Å². The number of rotatable bonds is 7. The summed E-state index contributed by atoms with van der Waals surface area (Å²) in [6.07, 6.45) is 0. The van der Waals surface area contributed by atoms with Gasteiger partial charge in [-0.05, 0) is 19.9 Å². The fourth-order valence-electron chi connectivity index (χ4n) is 2.34. The molecule has 22 heavy (non-hydrogen) atoms. The lowest BCUT2D eigenvalue weighted by Crippen LogP contribution is -2.36. The van der Waals surface area contributed by atoms with Crippen molar-refractivity contribution in [3.05, 3.63) is 35.6 Å². The van der Waals surface area contributed by atoms with Crippen LogP contribution >= 0.6 is 12.4 Å². The number of fused-ring (bicyclic) bond motifs is 1. The van der Waals surface area contributed by atoms with E-state index < -0.39 is 0 Å². The number of hydrogen-bond acceptors (Lipinski definition) is 4. The van der Waals surface area contributed by atoms with Gasteiger partial charge in [-0.25, -0.2) is 0 Å². The summed E-state index contributed by atoms with van der Waals surface area (Å²) >= 11 is 0. The largest absolute Gasteiger partial charge is 0.459 e. The van der Waals surface area contributed by atoms with Crippen LogP contribution in [0.2, 0.25) is 0 Å². The minimum absolute atomic E-state index is 0. The highest BCUT2D eigenvalue weighted by molar-refractivity contribution is 5.85. The molecule has 1 heterocycles. The van der Waals surface area contributed by atoms with Gasteiger partial charge in [0.25, 0.3) is 0 Å². The predicted octanol–water partition coefficient (Wildman–Crippen LogP) is 2.58. The second-order valence-electron chi connectivity index (χ2n) is 5.05. The first-order chi connectivity index (χ1) is 10.1. The van der Waals surface area contributed by atoms with Crippen LogP contribution < -0.4 is 10.6 Å². The quantitative estimate of drug-likeness (QED) is 0.768.